The molecule has 0 fully saturated rings. The van der Waals surface area contributed by atoms with Gasteiger partial charge >= 0.3 is 0 Å². The van der Waals surface area contributed by atoms with Gasteiger partial charge in [0.1, 0.15) is 11.9 Å². The maximum Gasteiger partial charge on any atom is 0.253 e. The summed E-state index contributed by atoms with van der Waals surface area (Å²) in [6, 6.07) is 5.08. The molecule has 1 rings (SSSR count). The average molecular weight is 258 g/mol. The minimum absolute atomic E-state index is 0.240. The summed E-state index contributed by atoms with van der Waals surface area (Å²) < 4.78 is 10.3. The summed E-state index contributed by atoms with van der Waals surface area (Å²) >= 11 is 5.88. The van der Waals surface area contributed by atoms with Crippen LogP contribution < -0.4 is 10.1 Å². The van der Waals surface area contributed by atoms with Gasteiger partial charge in [0.2, 0.25) is 0 Å². The smallest absolute Gasteiger partial charge is 0.253 e. The molecule has 94 valence electrons. The molecule has 1 aromatic rings. The van der Waals surface area contributed by atoms with Crippen molar-refractivity contribution in [3.8, 4) is 5.75 Å². The molecule has 1 aromatic carbocycles. The number of carbonyl (C=O) groups is 1. The van der Waals surface area contributed by atoms with Gasteiger partial charge in [0, 0.05) is 12.1 Å². The molecule has 0 aliphatic heterocycles. The lowest BCUT2D eigenvalue weighted by atomic mass is 10.2. The van der Waals surface area contributed by atoms with Crippen LogP contribution in [0, 0.1) is 0 Å². The summed E-state index contributed by atoms with van der Waals surface area (Å²) in [4.78, 5) is 11.7. The monoisotopic (exact) mass is 257 g/mol. The Morgan fingerprint density at radius 1 is 1.53 bits per heavy atom. The van der Waals surface area contributed by atoms with E-state index in [1.165, 1.54) is 7.11 Å². The zero-order valence-electron chi connectivity index (χ0n) is 10.1. The first-order valence-electron chi connectivity index (χ1n) is 5.34. The van der Waals surface area contributed by atoms with Crippen LogP contribution in [-0.4, -0.2) is 25.7 Å². The van der Waals surface area contributed by atoms with Gasteiger partial charge in [-0.15, -0.1) is 0 Å². The van der Waals surface area contributed by atoms with Gasteiger partial charge in [-0.2, -0.15) is 0 Å². The molecule has 1 atom stereocenters. The van der Waals surface area contributed by atoms with E-state index in [0.717, 1.165) is 0 Å². The van der Waals surface area contributed by atoms with Crippen molar-refractivity contribution >= 4 is 23.2 Å². The predicted molar refractivity (Wildman–Crippen MR) is 67.7 cm³/mol. The second kappa shape index (κ2) is 6.47. The van der Waals surface area contributed by atoms with E-state index >= 15 is 0 Å². The highest BCUT2D eigenvalue weighted by Crippen LogP contribution is 2.28. The zero-order valence-corrected chi connectivity index (χ0v) is 10.9. The Morgan fingerprint density at radius 2 is 2.24 bits per heavy atom. The molecule has 0 heterocycles. The second-order valence-electron chi connectivity index (χ2n) is 3.44. The normalized spacial score (nSPS) is 12.0. The lowest BCUT2D eigenvalue weighted by Crippen LogP contribution is -2.26. The van der Waals surface area contributed by atoms with E-state index in [9.17, 15) is 4.79 Å². The standard InChI is InChI=1S/C12H16ClNO3/c1-4-17-11-6-5-9(13)7-10(11)14-12(15)8(2)16-3/h5-8H,4H2,1-3H3,(H,14,15). The number of benzene rings is 1. The Morgan fingerprint density at radius 3 is 2.82 bits per heavy atom. The molecular formula is C12H16ClNO3. The average Bonchev–Trinajstić information content (AvgIpc) is 2.31. The SMILES string of the molecule is CCOc1ccc(Cl)cc1NC(=O)C(C)OC. The van der Waals surface area contributed by atoms with Crippen LogP contribution in [0.5, 0.6) is 5.75 Å². The van der Waals surface area contributed by atoms with Crippen LogP contribution in [0.25, 0.3) is 0 Å². The molecule has 0 spiro atoms. The maximum atomic E-state index is 11.7. The maximum absolute atomic E-state index is 11.7. The lowest BCUT2D eigenvalue weighted by Gasteiger charge is -2.14. The highest BCUT2D eigenvalue weighted by Gasteiger charge is 2.14. The number of ether oxygens (including phenoxy) is 2. The minimum Gasteiger partial charge on any atom is -0.492 e. The van der Waals surface area contributed by atoms with E-state index in [1.54, 1.807) is 25.1 Å². The topological polar surface area (TPSA) is 47.6 Å². The Hall–Kier alpha value is -1.26. The van der Waals surface area contributed by atoms with Crippen LogP contribution in [0.2, 0.25) is 5.02 Å². The predicted octanol–water partition coefficient (Wildman–Crippen LogP) is 2.71. The van der Waals surface area contributed by atoms with Crippen LogP contribution in [0.15, 0.2) is 18.2 Å². The highest BCUT2D eigenvalue weighted by atomic mass is 35.5. The van der Waals surface area contributed by atoms with Crippen LogP contribution >= 0.6 is 11.6 Å². The van der Waals surface area contributed by atoms with E-state index in [1.807, 2.05) is 6.92 Å². The molecular weight excluding hydrogens is 242 g/mol. The van der Waals surface area contributed by atoms with Crippen molar-refractivity contribution < 1.29 is 14.3 Å². The van der Waals surface area contributed by atoms with E-state index in [0.29, 0.717) is 23.1 Å². The number of anilines is 1. The third-order valence-electron chi connectivity index (χ3n) is 2.22. The Labute approximate surface area is 106 Å². The van der Waals surface area contributed by atoms with Gasteiger partial charge in [-0.25, -0.2) is 0 Å². The van der Waals surface area contributed by atoms with Gasteiger partial charge in [-0.1, -0.05) is 11.6 Å². The molecule has 4 nitrogen and oxygen atoms in total. The van der Waals surface area contributed by atoms with Crippen molar-refractivity contribution in [2.75, 3.05) is 19.0 Å². The number of amides is 1. The molecule has 17 heavy (non-hydrogen) atoms. The fourth-order valence-electron chi connectivity index (χ4n) is 1.22. The van der Waals surface area contributed by atoms with Crippen molar-refractivity contribution in [2.24, 2.45) is 0 Å². The van der Waals surface area contributed by atoms with Gasteiger partial charge in [-0.05, 0) is 32.0 Å². The van der Waals surface area contributed by atoms with Crippen molar-refractivity contribution in [3.63, 3.8) is 0 Å². The van der Waals surface area contributed by atoms with Gasteiger partial charge < -0.3 is 14.8 Å². The van der Waals surface area contributed by atoms with E-state index in [2.05, 4.69) is 5.32 Å². The van der Waals surface area contributed by atoms with Gasteiger partial charge in [0.25, 0.3) is 5.91 Å². The van der Waals surface area contributed by atoms with Gasteiger partial charge in [0.15, 0.2) is 0 Å². The molecule has 0 aliphatic rings. The summed E-state index contributed by atoms with van der Waals surface area (Å²) in [5.74, 6) is 0.351. The van der Waals surface area contributed by atoms with E-state index < -0.39 is 6.10 Å². The van der Waals surface area contributed by atoms with E-state index in [-0.39, 0.29) is 5.91 Å². The summed E-state index contributed by atoms with van der Waals surface area (Å²) in [6.45, 7) is 4.06. The first-order valence-corrected chi connectivity index (χ1v) is 5.72. The number of carbonyl (C=O) groups excluding carboxylic acids is 1. The quantitative estimate of drug-likeness (QED) is 0.882. The van der Waals surface area contributed by atoms with Crippen LogP contribution in [0.3, 0.4) is 0 Å². The first-order chi connectivity index (χ1) is 8.08. The van der Waals surface area contributed by atoms with Crippen molar-refractivity contribution in [3.05, 3.63) is 23.2 Å². The molecule has 0 aromatic heterocycles. The van der Waals surface area contributed by atoms with Crippen molar-refractivity contribution in [1.29, 1.82) is 0 Å². The molecule has 1 N–H and O–H groups in total. The molecule has 0 saturated carbocycles. The van der Waals surface area contributed by atoms with Gasteiger partial charge in [0.05, 0.1) is 12.3 Å². The third-order valence-corrected chi connectivity index (χ3v) is 2.46. The molecule has 0 aliphatic carbocycles. The molecule has 0 saturated heterocycles. The highest BCUT2D eigenvalue weighted by molar-refractivity contribution is 6.31. The third kappa shape index (κ3) is 3.91. The summed E-state index contributed by atoms with van der Waals surface area (Å²) in [6.07, 6.45) is -0.525. The molecule has 0 radical (unpaired) electrons. The molecule has 1 unspecified atom stereocenters. The number of hydrogen-bond donors (Lipinski definition) is 1. The lowest BCUT2D eigenvalue weighted by molar-refractivity contribution is -0.124. The number of methoxy groups -OCH3 is 1. The number of halogens is 1. The van der Waals surface area contributed by atoms with Crippen molar-refractivity contribution in [1.82, 2.24) is 0 Å². The van der Waals surface area contributed by atoms with Crippen LogP contribution in [0.1, 0.15) is 13.8 Å². The first kappa shape index (κ1) is 13.8. The van der Waals surface area contributed by atoms with Gasteiger partial charge in [-0.3, -0.25) is 4.79 Å². The van der Waals surface area contributed by atoms with Crippen molar-refractivity contribution in [2.45, 2.75) is 20.0 Å². The largest absolute Gasteiger partial charge is 0.492 e. The van der Waals surface area contributed by atoms with Crippen LogP contribution in [0.4, 0.5) is 5.69 Å². The second-order valence-corrected chi connectivity index (χ2v) is 3.88. The Bertz CT molecular complexity index is 395. The number of rotatable bonds is 5. The molecule has 0 bridgehead atoms. The van der Waals surface area contributed by atoms with E-state index in [4.69, 9.17) is 21.1 Å². The Kier molecular flexibility index (Phi) is 5.25. The molecule has 5 heteroatoms. The summed E-state index contributed by atoms with van der Waals surface area (Å²) in [7, 11) is 1.48. The fourth-order valence-corrected chi connectivity index (χ4v) is 1.39. The summed E-state index contributed by atoms with van der Waals surface area (Å²) in [5, 5.41) is 3.25. The summed E-state index contributed by atoms with van der Waals surface area (Å²) in [5.41, 5.74) is 0.549. The zero-order chi connectivity index (χ0) is 12.8. The Balaban J connectivity index is 2.87. The number of nitrogens with one attached hydrogen (secondary N) is 1. The van der Waals surface area contributed by atoms with Crippen LogP contribution in [-0.2, 0) is 9.53 Å². The molecule has 1 amide bonds. The minimum atomic E-state index is -0.525. The number of hydrogen-bond acceptors (Lipinski definition) is 3. The fraction of sp³-hybridized carbons (Fsp3) is 0.417.